The highest BCUT2D eigenvalue weighted by Crippen LogP contribution is 2.31. The maximum absolute atomic E-state index is 13.1. The minimum atomic E-state index is -1.11. The molecular weight excluding hydrogens is 436 g/mol. The van der Waals surface area contributed by atoms with Crippen LogP contribution in [-0.2, 0) is 22.6 Å². The Morgan fingerprint density at radius 1 is 1.09 bits per heavy atom. The number of nitrogens with zero attached hydrogens (tertiary/aromatic N) is 2. The molecule has 0 saturated carbocycles. The molecule has 0 bridgehead atoms. The minimum absolute atomic E-state index is 0.138. The number of thioether (sulfide) groups is 1. The van der Waals surface area contributed by atoms with Crippen molar-refractivity contribution in [3.05, 3.63) is 65.9 Å². The van der Waals surface area contributed by atoms with Crippen molar-refractivity contribution in [2.24, 2.45) is 0 Å². The lowest BCUT2D eigenvalue weighted by Gasteiger charge is -2.41. The predicted molar refractivity (Wildman–Crippen MR) is 130 cm³/mol. The summed E-state index contributed by atoms with van der Waals surface area (Å²) in [5, 5.41) is 6.52. The van der Waals surface area contributed by atoms with Gasteiger partial charge in [-0.05, 0) is 49.4 Å². The molecule has 2 aromatic carbocycles. The van der Waals surface area contributed by atoms with E-state index in [0.717, 1.165) is 16.5 Å². The number of carbonyl (C=O) groups excluding carboxylic acids is 3. The Hall–Kier alpha value is -3.26. The van der Waals surface area contributed by atoms with Crippen LogP contribution in [0.5, 0.6) is 0 Å². The molecule has 0 radical (unpaired) electrons. The Labute approximate surface area is 197 Å². The smallest absolute Gasteiger partial charge is 0.271 e. The number of amides is 3. The number of carbonyl (C=O) groups is 3. The molecule has 2 N–H and O–H groups in total. The van der Waals surface area contributed by atoms with E-state index < -0.39 is 5.54 Å². The molecule has 1 atom stereocenters. The molecule has 3 aromatic rings. The van der Waals surface area contributed by atoms with Crippen LogP contribution in [0.1, 0.15) is 23.0 Å². The van der Waals surface area contributed by atoms with Gasteiger partial charge in [-0.1, -0.05) is 30.3 Å². The molecule has 3 amide bonds. The van der Waals surface area contributed by atoms with E-state index in [9.17, 15) is 14.4 Å². The zero-order valence-electron chi connectivity index (χ0n) is 19.1. The van der Waals surface area contributed by atoms with Gasteiger partial charge in [0.1, 0.15) is 11.2 Å². The first kappa shape index (κ1) is 22.9. The second kappa shape index (κ2) is 9.31. The van der Waals surface area contributed by atoms with Crippen LogP contribution in [0, 0.1) is 0 Å². The number of hydrogen-bond acceptors (Lipinski definition) is 4. The predicted octanol–water partition coefficient (Wildman–Crippen LogP) is 2.68. The van der Waals surface area contributed by atoms with E-state index in [-0.39, 0.29) is 24.3 Å². The topological polar surface area (TPSA) is 83.4 Å². The lowest BCUT2D eigenvalue weighted by atomic mass is 9.95. The average molecular weight is 465 g/mol. The molecule has 1 unspecified atom stereocenters. The Bertz CT molecular complexity index is 1200. The summed E-state index contributed by atoms with van der Waals surface area (Å²) in [5.41, 5.74) is 1.51. The molecule has 0 aliphatic carbocycles. The van der Waals surface area contributed by atoms with E-state index in [1.165, 1.54) is 9.80 Å². The molecule has 0 spiro atoms. The first-order chi connectivity index (χ1) is 15.8. The van der Waals surface area contributed by atoms with Crippen LogP contribution >= 0.6 is 11.8 Å². The molecule has 2 heterocycles. The number of fused-ring (bicyclic) bond motifs is 3. The number of likely N-dealkylation sites (N-methyl/N-ethyl adjacent to an activating group) is 1. The van der Waals surface area contributed by atoms with Crippen molar-refractivity contribution in [2.75, 3.05) is 26.4 Å². The van der Waals surface area contributed by atoms with Crippen LogP contribution in [0.4, 0.5) is 0 Å². The third kappa shape index (κ3) is 4.48. The van der Waals surface area contributed by atoms with E-state index in [2.05, 4.69) is 34.9 Å². The molecule has 0 saturated heterocycles. The monoisotopic (exact) mass is 464 g/mol. The minimum Gasteiger partial charge on any atom is -0.354 e. The normalized spacial score (nSPS) is 17.7. The van der Waals surface area contributed by atoms with E-state index in [4.69, 9.17) is 0 Å². The zero-order valence-corrected chi connectivity index (χ0v) is 19.9. The third-order valence-electron chi connectivity index (χ3n) is 6.33. The van der Waals surface area contributed by atoms with Crippen LogP contribution in [0.3, 0.4) is 0 Å². The lowest BCUT2D eigenvalue weighted by molar-refractivity contribution is -0.134. The molecule has 33 heavy (non-hydrogen) atoms. The van der Waals surface area contributed by atoms with Gasteiger partial charge in [0.05, 0.1) is 13.1 Å². The molecule has 1 aliphatic rings. The standard InChI is InChI=1S/C25H28N4O3S/c1-25(16-29-20-7-5-4-6-18(20)14-21(29)23(31)28(25)2)24(32)27-15-22(30)26-13-12-17-8-10-19(33-3)11-9-17/h4-11,14H,12-13,15-16H2,1-3H3,(H,26,30)(H,27,32). The number of para-hydroxylation sites is 1. The number of rotatable bonds is 7. The largest absolute Gasteiger partial charge is 0.354 e. The number of aromatic nitrogens is 1. The van der Waals surface area contributed by atoms with Crippen LogP contribution in [0.2, 0.25) is 0 Å². The van der Waals surface area contributed by atoms with Crippen molar-refractivity contribution >= 4 is 40.4 Å². The van der Waals surface area contributed by atoms with Crippen molar-refractivity contribution in [2.45, 2.75) is 30.3 Å². The fourth-order valence-corrected chi connectivity index (χ4v) is 4.55. The first-order valence-electron chi connectivity index (χ1n) is 10.9. The summed E-state index contributed by atoms with van der Waals surface area (Å²) in [5.74, 6) is -0.832. The van der Waals surface area contributed by atoms with E-state index in [1.807, 2.05) is 41.2 Å². The molecule has 1 aliphatic heterocycles. The van der Waals surface area contributed by atoms with Crippen molar-refractivity contribution in [3.8, 4) is 0 Å². The van der Waals surface area contributed by atoms with Gasteiger partial charge in [0.25, 0.3) is 5.91 Å². The summed E-state index contributed by atoms with van der Waals surface area (Å²) >= 11 is 1.69. The summed E-state index contributed by atoms with van der Waals surface area (Å²) in [6.07, 6.45) is 2.75. The van der Waals surface area contributed by atoms with Gasteiger partial charge in [0, 0.05) is 29.4 Å². The molecule has 8 heteroatoms. The summed E-state index contributed by atoms with van der Waals surface area (Å²) in [6, 6.07) is 17.8. The summed E-state index contributed by atoms with van der Waals surface area (Å²) in [4.78, 5) is 41.1. The fraction of sp³-hybridized carbons (Fsp3) is 0.320. The Morgan fingerprint density at radius 2 is 1.82 bits per heavy atom. The Balaban J connectivity index is 1.35. The molecule has 7 nitrogen and oxygen atoms in total. The summed E-state index contributed by atoms with van der Waals surface area (Å²) in [6.45, 7) is 2.40. The van der Waals surface area contributed by atoms with Gasteiger partial charge in [-0.3, -0.25) is 14.4 Å². The maximum atomic E-state index is 13.1. The van der Waals surface area contributed by atoms with Gasteiger partial charge in [-0.2, -0.15) is 0 Å². The molecule has 172 valence electrons. The van der Waals surface area contributed by atoms with Crippen LogP contribution in [0.25, 0.3) is 10.9 Å². The van der Waals surface area contributed by atoms with Gasteiger partial charge in [0.15, 0.2) is 0 Å². The van der Waals surface area contributed by atoms with E-state index in [0.29, 0.717) is 25.2 Å². The van der Waals surface area contributed by atoms with Gasteiger partial charge in [0.2, 0.25) is 11.8 Å². The second-order valence-corrected chi connectivity index (χ2v) is 9.32. The van der Waals surface area contributed by atoms with E-state index >= 15 is 0 Å². The number of benzene rings is 2. The maximum Gasteiger partial charge on any atom is 0.271 e. The van der Waals surface area contributed by atoms with Crippen molar-refractivity contribution in [3.63, 3.8) is 0 Å². The van der Waals surface area contributed by atoms with Crippen LogP contribution in [0.15, 0.2) is 59.5 Å². The number of hydrogen-bond donors (Lipinski definition) is 2. The third-order valence-corrected chi connectivity index (χ3v) is 7.08. The lowest BCUT2D eigenvalue weighted by Crippen LogP contribution is -2.63. The second-order valence-electron chi connectivity index (χ2n) is 8.44. The van der Waals surface area contributed by atoms with E-state index in [1.54, 1.807) is 25.7 Å². The Morgan fingerprint density at radius 3 is 2.55 bits per heavy atom. The first-order valence-corrected chi connectivity index (χ1v) is 12.1. The molecule has 1 aromatic heterocycles. The number of nitrogens with one attached hydrogen (secondary N) is 2. The highest BCUT2D eigenvalue weighted by molar-refractivity contribution is 7.98. The fourth-order valence-electron chi connectivity index (χ4n) is 4.14. The molecule has 0 fully saturated rings. The van der Waals surface area contributed by atoms with Gasteiger partial charge in [-0.25, -0.2) is 0 Å². The quantitative estimate of drug-likeness (QED) is 0.527. The van der Waals surface area contributed by atoms with Crippen molar-refractivity contribution in [1.82, 2.24) is 20.1 Å². The SMILES string of the molecule is CSc1ccc(CCNC(=O)CNC(=O)C2(C)Cn3c(cc4ccccc43)C(=O)N2C)cc1. The van der Waals surface area contributed by atoms with Crippen molar-refractivity contribution in [1.29, 1.82) is 0 Å². The summed E-state index contributed by atoms with van der Waals surface area (Å²) < 4.78 is 1.89. The molecular formula is C25H28N4O3S. The summed E-state index contributed by atoms with van der Waals surface area (Å²) in [7, 11) is 1.63. The van der Waals surface area contributed by atoms with Crippen LogP contribution < -0.4 is 10.6 Å². The van der Waals surface area contributed by atoms with Gasteiger partial charge in [-0.15, -0.1) is 11.8 Å². The highest BCUT2D eigenvalue weighted by Gasteiger charge is 2.45. The van der Waals surface area contributed by atoms with Crippen molar-refractivity contribution < 1.29 is 14.4 Å². The van der Waals surface area contributed by atoms with Crippen LogP contribution in [-0.4, -0.2) is 59.1 Å². The highest BCUT2D eigenvalue weighted by atomic mass is 32.2. The van der Waals surface area contributed by atoms with Gasteiger partial charge < -0.3 is 20.1 Å². The Kier molecular flexibility index (Phi) is 6.47. The molecule has 4 rings (SSSR count). The zero-order chi connectivity index (χ0) is 23.6. The van der Waals surface area contributed by atoms with Gasteiger partial charge >= 0.3 is 0 Å². The average Bonchev–Trinajstić information content (AvgIpc) is 3.20.